The van der Waals surface area contributed by atoms with Crippen LogP contribution in [0.5, 0.6) is 5.88 Å². The highest BCUT2D eigenvalue weighted by Crippen LogP contribution is 2.27. The Balaban J connectivity index is 2.44. The monoisotopic (exact) mass is 417 g/mol. The zero-order valence-corrected chi connectivity index (χ0v) is 16.5. The lowest BCUT2D eigenvalue weighted by atomic mass is 10.1. The number of aliphatic hydroxyl groups is 3. The number of hydroxylamine groups is 1. The molecule has 2 aromatic rings. The average Bonchev–Trinajstić information content (AvgIpc) is 2.70. The van der Waals surface area contributed by atoms with Gasteiger partial charge >= 0.3 is 0 Å². The molecule has 6 N–H and O–H groups in total. The van der Waals surface area contributed by atoms with Gasteiger partial charge < -0.3 is 25.8 Å². The number of amides is 1. The van der Waals surface area contributed by atoms with E-state index in [2.05, 4.69) is 15.4 Å². The molecular formula is C19H23N5O6. The molecule has 0 aliphatic carbocycles. The Hall–Kier alpha value is -3.30. The lowest BCUT2D eigenvalue weighted by molar-refractivity contribution is -0.0524. The van der Waals surface area contributed by atoms with Crippen LogP contribution in [-0.2, 0) is 4.84 Å². The van der Waals surface area contributed by atoms with Crippen LogP contribution in [0.25, 0.3) is 11.4 Å². The van der Waals surface area contributed by atoms with E-state index in [-0.39, 0.29) is 29.7 Å². The number of rotatable bonds is 9. The molecule has 11 nitrogen and oxygen atoms in total. The van der Waals surface area contributed by atoms with Gasteiger partial charge in [-0.3, -0.25) is 9.63 Å². The Bertz CT molecular complexity index is 934. The van der Waals surface area contributed by atoms with Crippen LogP contribution in [0.2, 0.25) is 0 Å². The summed E-state index contributed by atoms with van der Waals surface area (Å²) < 4.78 is 5.45. The number of carbonyl (C=O) groups is 1. The lowest BCUT2D eigenvalue weighted by Gasteiger charge is -2.19. The Morgan fingerprint density at radius 3 is 2.63 bits per heavy atom. The summed E-state index contributed by atoms with van der Waals surface area (Å²) in [6, 6.07) is 8.39. The van der Waals surface area contributed by atoms with E-state index in [1.54, 1.807) is 18.2 Å². The van der Waals surface area contributed by atoms with Gasteiger partial charge in [-0.2, -0.15) is 10.2 Å². The Morgan fingerprint density at radius 2 is 2.03 bits per heavy atom. The summed E-state index contributed by atoms with van der Waals surface area (Å²) in [7, 11) is 0. The molecule has 1 amide bonds. The molecule has 0 atom stereocenters. The molecule has 0 spiro atoms. The van der Waals surface area contributed by atoms with Crippen molar-refractivity contribution in [3.63, 3.8) is 0 Å². The molecule has 1 aromatic carbocycles. The predicted octanol–water partition coefficient (Wildman–Crippen LogP) is -0.238. The van der Waals surface area contributed by atoms with Gasteiger partial charge in [-0.25, -0.2) is 10.5 Å². The molecule has 1 aromatic heterocycles. The number of benzene rings is 1. The first kappa shape index (κ1) is 23.0. The van der Waals surface area contributed by atoms with Crippen LogP contribution < -0.4 is 16.0 Å². The predicted molar refractivity (Wildman–Crippen MR) is 105 cm³/mol. The Kier molecular flexibility index (Phi) is 7.62. The van der Waals surface area contributed by atoms with Gasteiger partial charge in [0.15, 0.2) is 5.82 Å². The second-order valence-corrected chi connectivity index (χ2v) is 6.94. The number of nitrogen functional groups attached to an aromatic ring is 1. The van der Waals surface area contributed by atoms with Crippen LogP contribution in [0.4, 0.5) is 5.82 Å². The number of anilines is 1. The van der Waals surface area contributed by atoms with Gasteiger partial charge in [-0.15, -0.1) is 0 Å². The molecule has 0 bridgehead atoms. The van der Waals surface area contributed by atoms with Gasteiger partial charge in [0.25, 0.3) is 5.91 Å². The number of nitrogens with two attached hydrogens (primary N) is 1. The van der Waals surface area contributed by atoms with E-state index < -0.39 is 30.8 Å². The number of nitriles is 1. The second-order valence-electron chi connectivity index (χ2n) is 6.94. The third kappa shape index (κ3) is 6.10. The zero-order chi connectivity index (χ0) is 22.3. The lowest BCUT2D eigenvalue weighted by Crippen LogP contribution is -2.34. The standard InChI is InChI=1S/C19H23N5O6/c1-19(2,28)10-29-24-17(27)14-15(21)22-16(12-5-3-4-11(6-12)7-20)23-18(14)30-13(8-25)9-26/h3-6,13,25-26,28H,8-10H2,1-2H3,(H,24,27)(H2,21,22,23). The van der Waals surface area contributed by atoms with Crippen molar-refractivity contribution in [2.24, 2.45) is 0 Å². The molecule has 160 valence electrons. The molecule has 0 aliphatic heterocycles. The van der Waals surface area contributed by atoms with Crippen LogP contribution in [-0.4, -0.2) is 62.7 Å². The van der Waals surface area contributed by atoms with Gasteiger partial charge in [0.2, 0.25) is 5.88 Å². The van der Waals surface area contributed by atoms with Crippen molar-refractivity contribution >= 4 is 11.7 Å². The fourth-order valence-corrected chi connectivity index (χ4v) is 2.23. The molecule has 1 heterocycles. The molecular weight excluding hydrogens is 394 g/mol. The summed E-state index contributed by atoms with van der Waals surface area (Å²) in [4.78, 5) is 25.8. The molecule has 0 fully saturated rings. The SMILES string of the molecule is CC(C)(O)CONC(=O)c1c(N)nc(-c2cccc(C#N)c2)nc1OC(CO)CO. The van der Waals surface area contributed by atoms with Crippen molar-refractivity contribution in [2.75, 3.05) is 25.6 Å². The minimum absolute atomic E-state index is 0.0724. The summed E-state index contributed by atoms with van der Waals surface area (Å²) in [5.74, 6) is -1.32. The molecule has 0 saturated carbocycles. The molecule has 0 aliphatic rings. The van der Waals surface area contributed by atoms with E-state index in [9.17, 15) is 20.1 Å². The fourth-order valence-electron chi connectivity index (χ4n) is 2.23. The Labute approximate surface area is 172 Å². The smallest absolute Gasteiger partial charge is 0.284 e. The first-order valence-corrected chi connectivity index (χ1v) is 8.89. The summed E-state index contributed by atoms with van der Waals surface area (Å²) in [6.07, 6.45) is -1.07. The number of hydrogen-bond acceptors (Lipinski definition) is 10. The summed E-state index contributed by atoms with van der Waals surface area (Å²) >= 11 is 0. The minimum atomic E-state index is -1.19. The van der Waals surface area contributed by atoms with Gasteiger partial charge in [-0.1, -0.05) is 12.1 Å². The van der Waals surface area contributed by atoms with Gasteiger partial charge in [0.1, 0.15) is 24.1 Å². The molecule has 2 rings (SSSR count). The van der Waals surface area contributed by atoms with Crippen molar-refractivity contribution in [1.29, 1.82) is 5.26 Å². The molecule has 11 heteroatoms. The highest BCUT2D eigenvalue weighted by atomic mass is 16.7. The maximum absolute atomic E-state index is 12.6. The number of hydrogen-bond donors (Lipinski definition) is 5. The summed E-state index contributed by atoms with van der Waals surface area (Å²) in [5.41, 5.74) is 7.41. The largest absolute Gasteiger partial charge is 0.469 e. The molecule has 0 saturated heterocycles. The van der Waals surface area contributed by atoms with Crippen LogP contribution >= 0.6 is 0 Å². The zero-order valence-electron chi connectivity index (χ0n) is 16.5. The number of nitrogens with zero attached hydrogens (tertiary/aromatic N) is 3. The number of aromatic nitrogens is 2. The van der Waals surface area contributed by atoms with Crippen molar-refractivity contribution < 1.29 is 29.7 Å². The number of aliphatic hydroxyl groups excluding tert-OH is 2. The average molecular weight is 417 g/mol. The van der Waals surface area contributed by atoms with E-state index in [1.807, 2.05) is 6.07 Å². The van der Waals surface area contributed by atoms with Crippen LogP contribution in [0, 0.1) is 11.3 Å². The number of carbonyl (C=O) groups excluding carboxylic acids is 1. The van der Waals surface area contributed by atoms with E-state index in [4.69, 9.17) is 20.6 Å². The van der Waals surface area contributed by atoms with E-state index in [0.717, 1.165) is 0 Å². The second kappa shape index (κ2) is 9.95. The van der Waals surface area contributed by atoms with Gasteiger partial charge in [0, 0.05) is 5.56 Å². The summed E-state index contributed by atoms with van der Waals surface area (Å²) in [5, 5.41) is 37.4. The highest BCUT2D eigenvalue weighted by Gasteiger charge is 2.25. The topological polar surface area (TPSA) is 184 Å². The maximum Gasteiger partial charge on any atom is 0.284 e. The quantitative estimate of drug-likeness (QED) is 0.341. The fraction of sp³-hybridized carbons (Fsp3) is 0.368. The first-order chi connectivity index (χ1) is 14.2. The number of ether oxygens (including phenoxy) is 1. The van der Waals surface area contributed by atoms with Crippen LogP contribution in [0.1, 0.15) is 29.8 Å². The summed E-state index contributed by atoms with van der Waals surface area (Å²) in [6.45, 7) is 1.68. The molecule has 0 unspecified atom stereocenters. The highest BCUT2D eigenvalue weighted by molar-refractivity contribution is 6.00. The van der Waals surface area contributed by atoms with E-state index in [1.165, 1.54) is 19.9 Å². The third-order valence-electron chi connectivity index (χ3n) is 3.66. The first-order valence-electron chi connectivity index (χ1n) is 8.89. The van der Waals surface area contributed by atoms with Gasteiger partial charge in [-0.05, 0) is 26.0 Å². The molecule has 30 heavy (non-hydrogen) atoms. The van der Waals surface area contributed by atoms with Crippen LogP contribution in [0.3, 0.4) is 0 Å². The van der Waals surface area contributed by atoms with Crippen molar-refractivity contribution in [3.05, 3.63) is 35.4 Å². The van der Waals surface area contributed by atoms with Crippen LogP contribution in [0.15, 0.2) is 24.3 Å². The van der Waals surface area contributed by atoms with Crippen molar-refractivity contribution in [3.8, 4) is 23.3 Å². The minimum Gasteiger partial charge on any atom is -0.469 e. The number of nitrogens with one attached hydrogen (secondary N) is 1. The van der Waals surface area contributed by atoms with E-state index in [0.29, 0.717) is 11.1 Å². The van der Waals surface area contributed by atoms with Gasteiger partial charge in [0.05, 0.1) is 30.4 Å². The Morgan fingerprint density at radius 1 is 1.33 bits per heavy atom. The van der Waals surface area contributed by atoms with E-state index >= 15 is 0 Å². The van der Waals surface area contributed by atoms with Crippen molar-refractivity contribution in [1.82, 2.24) is 15.4 Å². The third-order valence-corrected chi connectivity index (χ3v) is 3.66. The van der Waals surface area contributed by atoms with Crippen molar-refractivity contribution in [2.45, 2.75) is 25.6 Å². The maximum atomic E-state index is 12.6. The molecule has 0 radical (unpaired) electrons. The normalized spacial score (nSPS) is 11.2.